The molecule has 0 saturated carbocycles. The van der Waals surface area contributed by atoms with Gasteiger partial charge < -0.3 is 4.57 Å². The first-order valence-electron chi connectivity index (χ1n) is 5.50. The molecule has 0 fully saturated rings. The number of hydrogen-bond acceptors (Lipinski definition) is 5. The van der Waals surface area contributed by atoms with Gasteiger partial charge in [-0.1, -0.05) is 12.1 Å². The van der Waals surface area contributed by atoms with E-state index in [1.165, 1.54) is 0 Å². The van der Waals surface area contributed by atoms with Gasteiger partial charge in [-0.25, -0.2) is 4.98 Å². The Bertz CT molecular complexity index is 641. The molecule has 6 nitrogen and oxygen atoms in total. The molecule has 0 amide bonds. The Balaban J connectivity index is 2.10. The number of aromatic nitrogens is 2. The van der Waals surface area contributed by atoms with E-state index in [9.17, 15) is 0 Å². The topological polar surface area (TPSA) is 89.8 Å². The van der Waals surface area contributed by atoms with Gasteiger partial charge in [-0.2, -0.15) is 15.6 Å². The van der Waals surface area contributed by atoms with E-state index in [2.05, 4.69) is 15.5 Å². The molecule has 0 saturated heterocycles. The Labute approximate surface area is 110 Å². The summed E-state index contributed by atoms with van der Waals surface area (Å²) in [5.74, 6) is 0. The molecule has 0 unspecified atom stereocenters. The van der Waals surface area contributed by atoms with Crippen LogP contribution in [0, 0.1) is 22.7 Å². The third-order valence-electron chi connectivity index (χ3n) is 2.36. The van der Waals surface area contributed by atoms with Crippen LogP contribution in [0.1, 0.15) is 5.56 Å². The van der Waals surface area contributed by atoms with Gasteiger partial charge in [0.05, 0.1) is 12.0 Å². The molecule has 6 heteroatoms. The lowest BCUT2D eigenvalue weighted by atomic mass is 10.2. The third kappa shape index (κ3) is 3.42. The maximum Gasteiger partial charge on any atom is 0.237 e. The summed E-state index contributed by atoms with van der Waals surface area (Å²) in [6.07, 6.45) is 5.34. The minimum Gasteiger partial charge on any atom is -0.333 e. The van der Waals surface area contributed by atoms with Crippen molar-refractivity contribution >= 4 is 11.4 Å². The molecule has 19 heavy (non-hydrogen) atoms. The number of hydrazone groups is 1. The molecular weight excluding hydrogens is 240 g/mol. The van der Waals surface area contributed by atoms with Crippen molar-refractivity contribution in [3.8, 4) is 12.1 Å². The van der Waals surface area contributed by atoms with E-state index in [0.717, 1.165) is 11.3 Å². The number of anilines is 1. The maximum atomic E-state index is 8.58. The summed E-state index contributed by atoms with van der Waals surface area (Å²) in [6, 6.07) is 10.9. The van der Waals surface area contributed by atoms with Crippen molar-refractivity contribution in [3.63, 3.8) is 0 Å². The molecule has 1 N–H and O–H groups in total. The lowest BCUT2D eigenvalue weighted by Gasteiger charge is -2.05. The van der Waals surface area contributed by atoms with E-state index in [1.807, 2.05) is 35.0 Å². The van der Waals surface area contributed by atoms with Crippen LogP contribution >= 0.6 is 0 Å². The smallest absolute Gasteiger partial charge is 0.237 e. The van der Waals surface area contributed by atoms with Crippen molar-refractivity contribution in [2.75, 3.05) is 5.43 Å². The number of nitriles is 2. The van der Waals surface area contributed by atoms with Crippen molar-refractivity contribution < 1.29 is 0 Å². The predicted octanol–water partition coefficient (Wildman–Crippen LogP) is 1.75. The summed E-state index contributed by atoms with van der Waals surface area (Å²) in [6.45, 7) is 0.697. The molecular formula is C13H10N6. The Kier molecular flexibility index (Phi) is 3.89. The quantitative estimate of drug-likeness (QED) is 0.661. The van der Waals surface area contributed by atoms with Gasteiger partial charge in [0.1, 0.15) is 12.1 Å². The normalized spacial score (nSPS) is 9.16. The first-order chi connectivity index (χ1) is 9.31. The molecule has 0 aliphatic rings. The third-order valence-corrected chi connectivity index (χ3v) is 2.36. The van der Waals surface area contributed by atoms with Gasteiger partial charge >= 0.3 is 0 Å². The van der Waals surface area contributed by atoms with Gasteiger partial charge in [0.25, 0.3) is 0 Å². The van der Waals surface area contributed by atoms with E-state index >= 15 is 0 Å². The zero-order valence-corrected chi connectivity index (χ0v) is 9.98. The number of benzene rings is 1. The van der Waals surface area contributed by atoms with Gasteiger partial charge in [-0.3, -0.25) is 5.43 Å². The molecule has 1 aromatic carbocycles. The summed E-state index contributed by atoms with van der Waals surface area (Å²) in [7, 11) is 0. The number of nitrogens with zero attached hydrogens (tertiary/aromatic N) is 5. The largest absolute Gasteiger partial charge is 0.333 e. The molecule has 2 rings (SSSR count). The standard InChI is InChI=1S/C13H10N6/c14-7-13(8-15)18-17-12-3-1-2-11(6-12)9-19-5-4-16-10-19/h1-6,10,17H,9H2. The SMILES string of the molecule is N#CC(C#N)=NNc1cccc(Cn2ccnc2)c1. The highest BCUT2D eigenvalue weighted by Gasteiger charge is 1.98. The minimum atomic E-state index is -0.208. The summed E-state index contributed by atoms with van der Waals surface area (Å²) >= 11 is 0. The zero-order valence-electron chi connectivity index (χ0n) is 9.98. The van der Waals surface area contributed by atoms with Crippen LogP contribution < -0.4 is 5.43 Å². The monoisotopic (exact) mass is 250 g/mol. The molecule has 0 aliphatic heterocycles. The van der Waals surface area contributed by atoms with Gasteiger partial charge in [-0.15, -0.1) is 0 Å². The molecule has 1 heterocycles. The van der Waals surface area contributed by atoms with Crippen molar-refractivity contribution in [2.24, 2.45) is 5.10 Å². The zero-order chi connectivity index (χ0) is 13.5. The second-order valence-corrected chi connectivity index (χ2v) is 3.73. The van der Waals surface area contributed by atoms with E-state index in [-0.39, 0.29) is 5.71 Å². The highest BCUT2D eigenvalue weighted by atomic mass is 15.3. The van der Waals surface area contributed by atoms with Gasteiger partial charge in [0.2, 0.25) is 5.71 Å². The highest BCUT2D eigenvalue weighted by molar-refractivity contribution is 6.10. The first kappa shape index (κ1) is 12.3. The van der Waals surface area contributed by atoms with E-state index < -0.39 is 0 Å². The van der Waals surface area contributed by atoms with Crippen LogP contribution in [0.3, 0.4) is 0 Å². The number of hydrogen-bond donors (Lipinski definition) is 1. The number of rotatable bonds is 4. The van der Waals surface area contributed by atoms with Gasteiger partial charge in [0.15, 0.2) is 0 Å². The van der Waals surface area contributed by atoms with Crippen molar-refractivity contribution in [1.29, 1.82) is 10.5 Å². The summed E-state index contributed by atoms with van der Waals surface area (Å²) in [4.78, 5) is 3.98. The van der Waals surface area contributed by atoms with Gasteiger partial charge in [0, 0.05) is 18.9 Å². The minimum absolute atomic E-state index is 0.208. The van der Waals surface area contributed by atoms with Crippen LogP contribution in [0.25, 0.3) is 0 Å². The van der Waals surface area contributed by atoms with Crippen molar-refractivity contribution in [2.45, 2.75) is 6.54 Å². The molecule has 0 spiro atoms. The molecule has 2 aromatic rings. The van der Waals surface area contributed by atoms with Crippen LogP contribution in [0.15, 0.2) is 48.1 Å². The van der Waals surface area contributed by atoms with Crippen LogP contribution in [-0.2, 0) is 6.54 Å². The summed E-state index contributed by atoms with van der Waals surface area (Å²) in [5, 5.41) is 20.8. The Morgan fingerprint density at radius 3 is 2.89 bits per heavy atom. The van der Waals surface area contributed by atoms with E-state index in [1.54, 1.807) is 24.7 Å². The number of nitrogens with one attached hydrogen (secondary N) is 1. The van der Waals surface area contributed by atoms with Crippen LogP contribution in [-0.4, -0.2) is 15.3 Å². The Hall–Kier alpha value is -3.12. The Morgan fingerprint density at radius 2 is 2.21 bits per heavy atom. The average Bonchev–Trinajstić information content (AvgIpc) is 2.93. The number of imidazole rings is 1. The fourth-order valence-corrected chi connectivity index (χ4v) is 1.53. The van der Waals surface area contributed by atoms with Crippen LogP contribution in [0.4, 0.5) is 5.69 Å². The molecule has 0 atom stereocenters. The lowest BCUT2D eigenvalue weighted by molar-refractivity contribution is 0.797. The molecule has 0 aliphatic carbocycles. The summed E-state index contributed by atoms with van der Waals surface area (Å²) in [5.41, 5.74) is 4.26. The molecule has 0 radical (unpaired) electrons. The fraction of sp³-hybridized carbons (Fsp3) is 0.0769. The van der Waals surface area contributed by atoms with E-state index in [0.29, 0.717) is 6.54 Å². The van der Waals surface area contributed by atoms with E-state index in [4.69, 9.17) is 10.5 Å². The van der Waals surface area contributed by atoms with Crippen molar-refractivity contribution in [3.05, 3.63) is 48.5 Å². The maximum absolute atomic E-state index is 8.58. The van der Waals surface area contributed by atoms with Crippen molar-refractivity contribution in [1.82, 2.24) is 9.55 Å². The Morgan fingerprint density at radius 1 is 1.37 bits per heavy atom. The fourth-order valence-electron chi connectivity index (χ4n) is 1.53. The van der Waals surface area contributed by atoms with Crippen LogP contribution in [0.2, 0.25) is 0 Å². The second kappa shape index (κ2) is 5.99. The van der Waals surface area contributed by atoms with Crippen LogP contribution in [0.5, 0.6) is 0 Å². The highest BCUT2D eigenvalue weighted by Crippen LogP contribution is 2.11. The average molecular weight is 250 g/mol. The van der Waals surface area contributed by atoms with Gasteiger partial charge in [-0.05, 0) is 17.7 Å². The molecule has 0 bridgehead atoms. The summed E-state index contributed by atoms with van der Waals surface area (Å²) < 4.78 is 1.94. The molecule has 1 aromatic heterocycles. The lowest BCUT2D eigenvalue weighted by Crippen LogP contribution is -1.99. The first-order valence-corrected chi connectivity index (χ1v) is 5.50. The predicted molar refractivity (Wildman–Crippen MR) is 70.1 cm³/mol. The molecule has 92 valence electrons. The second-order valence-electron chi connectivity index (χ2n) is 3.73.